The Balaban J connectivity index is 1.73. The SMILES string of the molecule is CN=C(NCC1CCN(CCOC)CC1)NC(C)C(C)c1ccccc1. The lowest BCUT2D eigenvalue weighted by atomic mass is 9.94. The zero-order chi connectivity index (χ0) is 18.8. The van der Waals surface area contributed by atoms with Gasteiger partial charge in [-0.25, -0.2) is 0 Å². The second-order valence-electron chi connectivity index (χ2n) is 7.36. The Morgan fingerprint density at radius 3 is 2.54 bits per heavy atom. The van der Waals surface area contributed by atoms with Gasteiger partial charge < -0.3 is 20.3 Å². The molecule has 5 heteroatoms. The molecule has 1 saturated heterocycles. The first-order valence-electron chi connectivity index (χ1n) is 9.87. The van der Waals surface area contributed by atoms with Crippen molar-refractivity contribution < 1.29 is 4.74 Å². The molecule has 0 saturated carbocycles. The van der Waals surface area contributed by atoms with Gasteiger partial charge in [0.1, 0.15) is 0 Å². The molecule has 0 amide bonds. The highest BCUT2D eigenvalue weighted by atomic mass is 16.5. The maximum Gasteiger partial charge on any atom is 0.191 e. The fraction of sp³-hybridized carbons (Fsp3) is 0.667. The van der Waals surface area contributed by atoms with E-state index < -0.39 is 0 Å². The highest BCUT2D eigenvalue weighted by molar-refractivity contribution is 5.80. The lowest BCUT2D eigenvalue weighted by Crippen LogP contribution is -2.47. The third-order valence-electron chi connectivity index (χ3n) is 5.54. The molecule has 2 N–H and O–H groups in total. The molecule has 1 aromatic rings. The van der Waals surface area contributed by atoms with E-state index in [0.717, 1.165) is 25.7 Å². The van der Waals surface area contributed by atoms with Crippen molar-refractivity contribution in [2.24, 2.45) is 10.9 Å². The molecule has 1 heterocycles. The van der Waals surface area contributed by atoms with Crippen LogP contribution in [-0.2, 0) is 4.74 Å². The van der Waals surface area contributed by atoms with Crippen LogP contribution in [0.2, 0.25) is 0 Å². The molecule has 2 atom stereocenters. The van der Waals surface area contributed by atoms with Crippen LogP contribution < -0.4 is 10.6 Å². The number of ether oxygens (including phenoxy) is 1. The summed E-state index contributed by atoms with van der Waals surface area (Å²) in [6.07, 6.45) is 2.48. The number of likely N-dealkylation sites (tertiary alicyclic amines) is 1. The number of methoxy groups -OCH3 is 1. The first kappa shape index (κ1) is 20.7. The molecule has 26 heavy (non-hydrogen) atoms. The summed E-state index contributed by atoms with van der Waals surface area (Å²) in [6.45, 7) is 9.69. The molecule has 0 spiro atoms. The Kier molecular flexibility index (Phi) is 8.92. The molecule has 0 bridgehead atoms. The van der Waals surface area contributed by atoms with Gasteiger partial charge in [-0.05, 0) is 44.3 Å². The molecule has 1 aromatic carbocycles. The van der Waals surface area contributed by atoms with Gasteiger partial charge >= 0.3 is 0 Å². The van der Waals surface area contributed by atoms with Gasteiger partial charge in [-0.2, -0.15) is 0 Å². The van der Waals surface area contributed by atoms with Crippen molar-refractivity contribution in [1.29, 1.82) is 0 Å². The van der Waals surface area contributed by atoms with Crippen molar-refractivity contribution in [3.63, 3.8) is 0 Å². The number of nitrogens with zero attached hydrogens (tertiary/aromatic N) is 2. The Labute approximate surface area is 159 Å². The van der Waals surface area contributed by atoms with Crippen LogP contribution in [0.5, 0.6) is 0 Å². The highest BCUT2D eigenvalue weighted by Gasteiger charge is 2.20. The van der Waals surface area contributed by atoms with Crippen molar-refractivity contribution >= 4 is 5.96 Å². The lowest BCUT2D eigenvalue weighted by Gasteiger charge is -2.32. The Bertz CT molecular complexity index is 526. The van der Waals surface area contributed by atoms with Crippen LogP contribution in [0, 0.1) is 5.92 Å². The maximum atomic E-state index is 5.18. The zero-order valence-corrected chi connectivity index (χ0v) is 16.9. The molecule has 0 aromatic heterocycles. The van der Waals surface area contributed by atoms with Crippen LogP contribution in [0.15, 0.2) is 35.3 Å². The molecule has 1 fully saturated rings. The summed E-state index contributed by atoms with van der Waals surface area (Å²) >= 11 is 0. The number of guanidine groups is 1. The maximum absolute atomic E-state index is 5.18. The summed E-state index contributed by atoms with van der Waals surface area (Å²) in [6, 6.07) is 11.0. The molecule has 0 radical (unpaired) electrons. The first-order chi connectivity index (χ1) is 12.6. The minimum absolute atomic E-state index is 0.319. The topological polar surface area (TPSA) is 48.9 Å². The van der Waals surface area contributed by atoms with E-state index in [1.807, 2.05) is 7.05 Å². The molecule has 146 valence electrons. The second kappa shape index (κ2) is 11.2. The third kappa shape index (κ3) is 6.61. The molecule has 2 unspecified atom stereocenters. The Morgan fingerprint density at radius 2 is 1.92 bits per heavy atom. The van der Waals surface area contributed by atoms with E-state index in [4.69, 9.17) is 4.74 Å². The summed E-state index contributed by atoms with van der Waals surface area (Å²) in [5, 5.41) is 7.08. The number of piperidine rings is 1. The van der Waals surface area contributed by atoms with E-state index in [0.29, 0.717) is 17.9 Å². The zero-order valence-electron chi connectivity index (χ0n) is 16.9. The smallest absolute Gasteiger partial charge is 0.191 e. The van der Waals surface area contributed by atoms with Crippen molar-refractivity contribution in [1.82, 2.24) is 15.5 Å². The van der Waals surface area contributed by atoms with E-state index in [-0.39, 0.29) is 0 Å². The normalized spacial score (nSPS) is 19.2. The largest absolute Gasteiger partial charge is 0.383 e. The average Bonchev–Trinajstić information content (AvgIpc) is 2.70. The van der Waals surface area contributed by atoms with E-state index >= 15 is 0 Å². The van der Waals surface area contributed by atoms with Crippen LogP contribution in [0.4, 0.5) is 0 Å². The monoisotopic (exact) mass is 360 g/mol. The summed E-state index contributed by atoms with van der Waals surface area (Å²) in [5.74, 6) is 2.05. The van der Waals surface area contributed by atoms with E-state index in [1.165, 1.54) is 31.5 Å². The van der Waals surface area contributed by atoms with Gasteiger partial charge in [-0.15, -0.1) is 0 Å². The average molecular weight is 361 g/mol. The Hall–Kier alpha value is -1.59. The standard InChI is InChI=1S/C21H36N4O/c1-17(20-8-6-5-7-9-20)18(2)24-21(22-3)23-16-19-10-12-25(13-11-19)14-15-26-4/h5-9,17-19H,10-16H2,1-4H3,(H2,22,23,24). The van der Waals surface area contributed by atoms with E-state index in [1.54, 1.807) is 7.11 Å². The van der Waals surface area contributed by atoms with Gasteiger partial charge in [-0.1, -0.05) is 37.3 Å². The fourth-order valence-electron chi connectivity index (χ4n) is 3.46. The molecule has 2 rings (SSSR count). The van der Waals surface area contributed by atoms with Gasteiger partial charge in [0.25, 0.3) is 0 Å². The van der Waals surface area contributed by atoms with Gasteiger partial charge in [0.05, 0.1) is 6.61 Å². The van der Waals surface area contributed by atoms with Gasteiger partial charge in [0.2, 0.25) is 0 Å². The minimum atomic E-state index is 0.319. The van der Waals surface area contributed by atoms with Crippen LogP contribution in [0.1, 0.15) is 38.2 Å². The summed E-state index contributed by atoms with van der Waals surface area (Å²) in [5.41, 5.74) is 1.35. The van der Waals surface area contributed by atoms with Gasteiger partial charge in [0.15, 0.2) is 5.96 Å². The van der Waals surface area contributed by atoms with E-state index in [9.17, 15) is 0 Å². The summed E-state index contributed by atoms with van der Waals surface area (Å²) in [4.78, 5) is 6.91. The fourth-order valence-corrected chi connectivity index (χ4v) is 3.46. The number of nitrogens with one attached hydrogen (secondary N) is 2. The lowest BCUT2D eigenvalue weighted by molar-refractivity contribution is 0.121. The van der Waals surface area contributed by atoms with Crippen molar-refractivity contribution in [3.8, 4) is 0 Å². The quantitative estimate of drug-likeness (QED) is 0.553. The van der Waals surface area contributed by atoms with Crippen LogP contribution in [-0.4, -0.2) is 63.8 Å². The molecule has 1 aliphatic heterocycles. The number of hydrogen-bond donors (Lipinski definition) is 2. The summed E-state index contributed by atoms with van der Waals surface area (Å²) in [7, 11) is 3.62. The van der Waals surface area contributed by atoms with Gasteiger partial charge in [0, 0.05) is 39.2 Å². The molecule has 5 nitrogen and oxygen atoms in total. The number of hydrogen-bond acceptors (Lipinski definition) is 3. The minimum Gasteiger partial charge on any atom is -0.383 e. The second-order valence-corrected chi connectivity index (χ2v) is 7.36. The Morgan fingerprint density at radius 1 is 1.23 bits per heavy atom. The van der Waals surface area contributed by atoms with Crippen molar-refractivity contribution in [3.05, 3.63) is 35.9 Å². The highest BCUT2D eigenvalue weighted by Crippen LogP contribution is 2.19. The predicted molar refractivity (Wildman–Crippen MR) is 110 cm³/mol. The van der Waals surface area contributed by atoms with Crippen molar-refractivity contribution in [2.75, 3.05) is 46.9 Å². The molecular formula is C21H36N4O. The summed E-state index contributed by atoms with van der Waals surface area (Å²) < 4.78 is 5.18. The number of rotatable bonds is 8. The molecular weight excluding hydrogens is 324 g/mol. The predicted octanol–water partition coefficient (Wildman–Crippen LogP) is 2.70. The van der Waals surface area contributed by atoms with Crippen LogP contribution >= 0.6 is 0 Å². The van der Waals surface area contributed by atoms with Crippen LogP contribution in [0.25, 0.3) is 0 Å². The molecule has 1 aliphatic rings. The first-order valence-corrected chi connectivity index (χ1v) is 9.87. The van der Waals surface area contributed by atoms with Crippen LogP contribution in [0.3, 0.4) is 0 Å². The van der Waals surface area contributed by atoms with E-state index in [2.05, 4.69) is 64.7 Å². The molecule has 0 aliphatic carbocycles. The number of aliphatic imine (C=N–C) groups is 1. The third-order valence-corrected chi connectivity index (χ3v) is 5.54. The van der Waals surface area contributed by atoms with Gasteiger partial charge in [-0.3, -0.25) is 4.99 Å². The van der Waals surface area contributed by atoms with Crippen molar-refractivity contribution in [2.45, 2.75) is 38.6 Å². The number of benzene rings is 1.